The van der Waals surface area contributed by atoms with Gasteiger partial charge in [0, 0.05) is 0 Å². The van der Waals surface area contributed by atoms with Gasteiger partial charge in [-0.1, -0.05) is 48.5 Å². The Morgan fingerprint density at radius 3 is 2.26 bits per heavy atom. The third-order valence-electron chi connectivity index (χ3n) is 4.41. The lowest BCUT2D eigenvalue weighted by Gasteiger charge is -2.17. The minimum Gasteiger partial charge on any atom is -0.465 e. The largest absolute Gasteiger partial charge is 0.465 e. The molecule has 0 saturated heterocycles. The van der Waals surface area contributed by atoms with E-state index in [1.807, 2.05) is 6.07 Å². The standard InChI is InChI=1S/C21H20O5S/c1-14-9-7-8-12-19(14)27(23,24)20(16-10-5-4-6-11-16)18-13-17(15(2)26-18)21(22)25-3/h4-13,20H,1-3H3. The highest BCUT2D eigenvalue weighted by Crippen LogP contribution is 2.38. The summed E-state index contributed by atoms with van der Waals surface area (Å²) >= 11 is 0. The van der Waals surface area contributed by atoms with Crippen molar-refractivity contribution < 1.29 is 22.4 Å². The molecule has 1 heterocycles. The average molecular weight is 384 g/mol. The lowest BCUT2D eigenvalue weighted by Crippen LogP contribution is -2.16. The van der Waals surface area contributed by atoms with Crippen molar-refractivity contribution in [1.82, 2.24) is 0 Å². The summed E-state index contributed by atoms with van der Waals surface area (Å²) in [5.41, 5.74) is 1.43. The van der Waals surface area contributed by atoms with Gasteiger partial charge in [0.05, 0.1) is 12.0 Å². The van der Waals surface area contributed by atoms with Crippen LogP contribution in [0.1, 0.15) is 38.3 Å². The van der Waals surface area contributed by atoms with Crippen molar-refractivity contribution >= 4 is 15.8 Å². The molecule has 6 heteroatoms. The maximum absolute atomic E-state index is 13.5. The monoisotopic (exact) mass is 384 g/mol. The third kappa shape index (κ3) is 3.53. The normalized spacial score (nSPS) is 12.6. The fourth-order valence-corrected chi connectivity index (χ4v) is 5.05. The van der Waals surface area contributed by atoms with E-state index >= 15 is 0 Å². The number of aryl methyl sites for hydroxylation is 2. The van der Waals surface area contributed by atoms with E-state index in [2.05, 4.69) is 0 Å². The molecule has 0 amide bonds. The number of rotatable bonds is 5. The Morgan fingerprint density at radius 1 is 1.00 bits per heavy atom. The average Bonchev–Trinajstić information content (AvgIpc) is 3.03. The van der Waals surface area contributed by atoms with Crippen LogP contribution in [0, 0.1) is 13.8 Å². The molecule has 0 bridgehead atoms. The molecule has 1 unspecified atom stereocenters. The summed E-state index contributed by atoms with van der Waals surface area (Å²) in [6.45, 7) is 3.36. The first-order chi connectivity index (χ1) is 12.9. The van der Waals surface area contributed by atoms with Crippen LogP contribution in [0.4, 0.5) is 0 Å². The molecule has 5 nitrogen and oxygen atoms in total. The molecule has 0 radical (unpaired) electrons. The SMILES string of the molecule is COC(=O)c1cc(C(c2ccccc2)S(=O)(=O)c2ccccc2C)oc1C. The summed E-state index contributed by atoms with van der Waals surface area (Å²) in [4.78, 5) is 12.2. The van der Waals surface area contributed by atoms with Gasteiger partial charge in [-0.2, -0.15) is 0 Å². The summed E-state index contributed by atoms with van der Waals surface area (Å²) in [6.07, 6.45) is 0. The molecule has 0 aliphatic heterocycles. The van der Waals surface area contributed by atoms with Crippen molar-refractivity contribution in [2.45, 2.75) is 24.0 Å². The number of carbonyl (C=O) groups excluding carboxylic acids is 1. The Labute approximate surface area is 158 Å². The van der Waals surface area contributed by atoms with Crippen LogP contribution in [0.5, 0.6) is 0 Å². The van der Waals surface area contributed by atoms with Crippen LogP contribution >= 0.6 is 0 Å². The zero-order valence-electron chi connectivity index (χ0n) is 15.3. The Kier molecular flexibility index (Phi) is 5.19. The molecule has 0 aliphatic carbocycles. The van der Waals surface area contributed by atoms with E-state index in [0.717, 1.165) is 0 Å². The zero-order chi connectivity index (χ0) is 19.6. The summed E-state index contributed by atoms with van der Waals surface area (Å²) < 4.78 is 37.6. The van der Waals surface area contributed by atoms with Crippen LogP contribution < -0.4 is 0 Å². The van der Waals surface area contributed by atoms with E-state index in [4.69, 9.17) is 9.15 Å². The molecule has 0 aliphatic rings. The van der Waals surface area contributed by atoms with Gasteiger partial charge in [0.25, 0.3) is 0 Å². The van der Waals surface area contributed by atoms with Gasteiger partial charge >= 0.3 is 5.97 Å². The smallest absolute Gasteiger partial charge is 0.341 e. The van der Waals surface area contributed by atoms with Crippen LogP contribution in [-0.2, 0) is 14.6 Å². The number of hydrogen-bond donors (Lipinski definition) is 0. The summed E-state index contributed by atoms with van der Waals surface area (Å²) in [5.74, 6) is -0.0669. The van der Waals surface area contributed by atoms with E-state index < -0.39 is 21.1 Å². The molecule has 3 rings (SSSR count). The lowest BCUT2D eigenvalue weighted by atomic mass is 10.1. The molecule has 1 atom stereocenters. The number of ether oxygens (including phenoxy) is 1. The van der Waals surface area contributed by atoms with Crippen LogP contribution in [0.25, 0.3) is 0 Å². The fourth-order valence-electron chi connectivity index (χ4n) is 3.07. The topological polar surface area (TPSA) is 73.6 Å². The number of benzene rings is 2. The molecule has 27 heavy (non-hydrogen) atoms. The van der Waals surface area contributed by atoms with Crippen LogP contribution in [0.3, 0.4) is 0 Å². The Hall–Kier alpha value is -2.86. The predicted octanol–water partition coefficient (Wildman–Crippen LogP) is 4.25. The van der Waals surface area contributed by atoms with Gasteiger partial charge in [-0.25, -0.2) is 13.2 Å². The van der Waals surface area contributed by atoms with Crippen molar-refractivity contribution in [2.75, 3.05) is 7.11 Å². The minimum absolute atomic E-state index is 0.183. The van der Waals surface area contributed by atoms with Crippen LogP contribution in [0.15, 0.2) is 70.0 Å². The first kappa shape index (κ1) is 18.9. The Morgan fingerprint density at radius 2 is 1.63 bits per heavy atom. The highest BCUT2D eigenvalue weighted by Gasteiger charge is 2.35. The fraction of sp³-hybridized carbons (Fsp3) is 0.190. The van der Waals surface area contributed by atoms with Crippen molar-refractivity contribution in [3.8, 4) is 0 Å². The maximum atomic E-state index is 13.5. The number of furan rings is 1. The third-order valence-corrected chi connectivity index (χ3v) is 6.61. The van der Waals surface area contributed by atoms with Gasteiger partial charge in [0.2, 0.25) is 0 Å². The molecular weight excluding hydrogens is 364 g/mol. The highest BCUT2D eigenvalue weighted by atomic mass is 32.2. The van der Waals surface area contributed by atoms with Crippen molar-refractivity contribution in [3.63, 3.8) is 0 Å². The van der Waals surface area contributed by atoms with E-state index in [0.29, 0.717) is 16.9 Å². The molecule has 0 spiro atoms. The lowest BCUT2D eigenvalue weighted by molar-refractivity contribution is 0.0599. The van der Waals surface area contributed by atoms with Gasteiger partial charge in [-0.15, -0.1) is 0 Å². The van der Waals surface area contributed by atoms with E-state index in [9.17, 15) is 13.2 Å². The van der Waals surface area contributed by atoms with Crippen molar-refractivity contribution in [3.05, 3.63) is 88.9 Å². The summed E-state index contributed by atoms with van der Waals surface area (Å²) in [7, 11) is -2.55. The molecular formula is C21H20O5S. The van der Waals surface area contributed by atoms with Crippen molar-refractivity contribution in [2.24, 2.45) is 0 Å². The zero-order valence-corrected chi connectivity index (χ0v) is 16.1. The quantitative estimate of drug-likeness (QED) is 0.615. The first-order valence-electron chi connectivity index (χ1n) is 8.39. The predicted molar refractivity (Wildman–Crippen MR) is 101 cm³/mol. The van der Waals surface area contributed by atoms with Gasteiger partial charge < -0.3 is 9.15 Å². The number of carbonyl (C=O) groups is 1. The molecule has 0 fully saturated rings. The van der Waals surface area contributed by atoms with E-state index in [1.54, 1.807) is 62.4 Å². The first-order valence-corrected chi connectivity index (χ1v) is 9.94. The van der Waals surface area contributed by atoms with Gasteiger partial charge in [-0.05, 0) is 37.1 Å². The van der Waals surface area contributed by atoms with Crippen LogP contribution in [0.2, 0.25) is 0 Å². The second kappa shape index (κ2) is 7.40. The molecule has 3 aromatic rings. The number of esters is 1. The van der Waals surface area contributed by atoms with Gasteiger partial charge in [0.1, 0.15) is 22.3 Å². The second-order valence-electron chi connectivity index (χ2n) is 6.21. The Bertz CT molecular complexity index is 1060. The molecule has 2 aromatic carbocycles. The molecule has 140 valence electrons. The van der Waals surface area contributed by atoms with E-state index in [-0.39, 0.29) is 16.2 Å². The van der Waals surface area contributed by atoms with Crippen LogP contribution in [-0.4, -0.2) is 21.5 Å². The summed E-state index contributed by atoms with van der Waals surface area (Å²) in [6, 6.07) is 17.1. The second-order valence-corrected chi connectivity index (χ2v) is 8.21. The minimum atomic E-state index is -3.82. The molecule has 1 aromatic heterocycles. The summed E-state index contributed by atoms with van der Waals surface area (Å²) in [5, 5.41) is -1.07. The maximum Gasteiger partial charge on any atom is 0.341 e. The number of hydrogen-bond acceptors (Lipinski definition) is 5. The van der Waals surface area contributed by atoms with E-state index in [1.165, 1.54) is 13.2 Å². The number of sulfone groups is 1. The van der Waals surface area contributed by atoms with Gasteiger partial charge in [-0.3, -0.25) is 0 Å². The number of methoxy groups -OCH3 is 1. The molecule has 0 saturated carbocycles. The molecule has 0 N–H and O–H groups in total. The Balaban J connectivity index is 2.23. The van der Waals surface area contributed by atoms with Gasteiger partial charge in [0.15, 0.2) is 9.84 Å². The van der Waals surface area contributed by atoms with Crippen molar-refractivity contribution in [1.29, 1.82) is 0 Å². The highest BCUT2D eigenvalue weighted by molar-refractivity contribution is 7.92.